The third kappa shape index (κ3) is 11.4. The van der Waals surface area contributed by atoms with Gasteiger partial charge in [-0.05, 0) is 12.8 Å². The minimum absolute atomic E-state index is 0. The van der Waals surface area contributed by atoms with Gasteiger partial charge in [-0.1, -0.05) is 51.7 Å². The van der Waals surface area contributed by atoms with Crippen LogP contribution in [-0.4, -0.2) is 22.3 Å². The average Bonchev–Trinajstić information content (AvgIpc) is 2.15. The van der Waals surface area contributed by atoms with E-state index in [1.807, 2.05) is 0 Å². The van der Waals surface area contributed by atoms with Crippen LogP contribution in [0.5, 0.6) is 0 Å². The molecule has 0 saturated carbocycles. The van der Waals surface area contributed by atoms with Crippen molar-refractivity contribution in [2.75, 3.05) is 13.1 Å². The Kier molecular flexibility index (Phi) is 16.3. The maximum absolute atomic E-state index is 5.11. The molecule has 0 fully saturated rings. The van der Waals surface area contributed by atoms with Crippen molar-refractivity contribution in [3.05, 3.63) is 0 Å². The van der Waals surface area contributed by atoms with Crippen LogP contribution in [0.2, 0.25) is 0 Å². The molecular weight excluding hydrogens is 323 g/mol. The summed E-state index contributed by atoms with van der Waals surface area (Å²) >= 11 is 9.36. The molecule has 86 valence electrons. The van der Waals surface area contributed by atoms with Crippen LogP contribution in [0.3, 0.4) is 0 Å². The summed E-state index contributed by atoms with van der Waals surface area (Å²) in [6, 6.07) is 0. The molecule has 0 spiro atoms. The second kappa shape index (κ2) is 13.2. The molecule has 0 rings (SSSR count). The van der Waals surface area contributed by atoms with Crippen LogP contribution in [0.4, 0.5) is 0 Å². The molecule has 0 bridgehead atoms. The third-order valence-corrected chi connectivity index (χ3v) is 2.87. The van der Waals surface area contributed by atoms with Crippen molar-refractivity contribution in [3.8, 4) is 0 Å². The van der Waals surface area contributed by atoms with Gasteiger partial charge in [0, 0.05) is 40.4 Å². The zero-order valence-corrected chi connectivity index (χ0v) is 15.9. The van der Waals surface area contributed by atoms with Gasteiger partial charge in [0.2, 0.25) is 0 Å². The fourth-order valence-corrected chi connectivity index (χ4v) is 1.79. The van der Waals surface area contributed by atoms with Crippen LogP contribution >= 0.6 is 24.8 Å². The number of nitrogens with zero attached hydrogens (tertiary/aromatic N) is 1. The Balaban J connectivity index is 0. The zero-order chi connectivity index (χ0) is 10.8. The molecule has 0 aliphatic heterocycles. The number of unbranched alkanes of at least 4 members (excludes halogenated alkanes) is 4. The van der Waals surface area contributed by atoms with E-state index in [1.54, 1.807) is 0 Å². The van der Waals surface area contributed by atoms with Crippen LogP contribution in [-0.2, 0) is 27.3 Å². The van der Waals surface area contributed by atoms with Gasteiger partial charge in [-0.15, -0.1) is 12.6 Å². The summed E-state index contributed by atoms with van der Waals surface area (Å²) < 4.78 is 0.761. The third-order valence-electron chi connectivity index (χ3n) is 2.33. The topological polar surface area (TPSA) is 3.24 Å². The normalized spacial score (nSPS) is 9.53. The summed E-state index contributed by atoms with van der Waals surface area (Å²) in [7, 11) is 0. The van der Waals surface area contributed by atoms with Crippen molar-refractivity contribution in [2.24, 2.45) is 0 Å². The maximum Gasteiger partial charge on any atom is 0.133 e. The summed E-state index contributed by atoms with van der Waals surface area (Å²) in [5, 5.41) is 0. The van der Waals surface area contributed by atoms with Gasteiger partial charge in [-0.2, -0.15) is 0 Å². The molecule has 0 unspecified atom stereocenters. The predicted octanol–water partition coefficient (Wildman–Crippen LogP) is 3.88. The molecule has 0 amide bonds. The van der Waals surface area contributed by atoms with E-state index >= 15 is 0 Å². The van der Waals surface area contributed by atoms with E-state index in [4.69, 9.17) is 12.2 Å². The summed E-state index contributed by atoms with van der Waals surface area (Å²) in [5.41, 5.74) is 0. The van der Waals surface area contributed by atoms with Crippen molar-refractivity contribution in [1.82, 2.24) is 4.90 Å². The largest absolute Gasteiger partial charge is 0.358 e. The molecule has 4 heteroatoms. The molecule has 0 N–H and O–H groups in total. The number of thiocarbonyl (C=S) groups is 1. The van der Waals surface area contributed by atoms with Gasteiger partial charge >= 0.3 is 0 Å². The van der Waals surface area contributed by atoms with E-state index in [9.17, 15) is 0 Å². The minimum atomic E-state index is 0. The van der Waals surface area contributed by atoms with Crippen LogP contribution in [0.25, 0.3) is 0 Å². The van der Waals surface area contributed by atoms with E-state index in [0.29, 0.717) is 0 Å². The monoisotopic (exact) mass is 347 g/mol. The van der Waals surface area contributed by atoms with E-state index in [2.05, 4.69) is 31.4 Å². The van der Waals surface area contributed by atoms with Crippen molar-refractivity contribution >= 4 is 29.2 Å². The summed E-state index contributed by atoms with van der Waals surface area (Å²) in [6.07, 6.45) is 7.60. The first-order chi connectivity index (χ1) is 6.72. The SMILES string of the molecule is CCCCCN(CCCCC)C(=S)S.[Cd]. The quantitative estimate of drug-likeness (QED) is 0.308. The van der Waals surface area contributed by atoms with Crippen molar-refractivity contribution < 1.29 is 27.3 Å². The molecule has 15 heavy (non-hydrogen) atoms. The minimum Gasteiger partial charge on any atom is -0.358 e. The van der Waals surface area contributed by atoms with Gasteiger partial charge in [0.15, 0.2) is 0 Å². The van der Waals surface area contributed by atoms with Crippen LogP contribution in [0.1, 0.15) is 52.4 Å². The van der Waals surface area contributed by atoms with Gasteiger partial charge in [0.05, 0.1) is 0 Å². The van der Waals surface area contributed by atoms with E-state index in [0.717, 1.165) is 17.4 Å². The summed E-state index contributed by atoms with van der Waals surface area (Å²) in [6.45, 7) is 6.61. The van der Waals surface area contributed by atoms with Gasteiger partial charge < -0.3 is 4.90 Å². The second-order valence-corrected chi connectivity index (χ2v) is 4.80. The molecule has 0 atom stereocenters. The van der Waals surface area contributed by atoms with Gasteiger partial charge in [-0.3, -0.25) is 0 Å². The van der Waals surface area contributed by atoms with E-state index < -0.39 is 0 Å². The smallest absolute Gasteiger partial charge is 0.133 e. The molecule has 0 heterocycles. The number of rotatable bonds is 8. The van der Waals surface area contributed by atoms with Crippen molar-refractivity contribution in [3.63, 3.8) is 0 Å². The number of hydrogen-bond acceptors (Lipinski definition) is 1. The van der Waals surface area contributed by atoms with Crippen molar-refractivity contribution in [2.45, 2.75) is 52.4 Å². The second-order valence-electron chi connectivity index (χ2n) is 3.68. The van der Waals surface area contributed by atoms with Crippen molar-refractivity contribution in [1.29, 1.82) is 0 Å². The molecule has 0 aliphatic carbocycles. The molecular formula is C11H23CdNS2. The molecule has 0 aliphatic rings. The zero-order valence-electron chi connectivity index (χ0n) is 10.2. The number of hydrogen-bond donors (Lipinski definition) is 1. The Labute approximate surface area is 126 Å². The number of thiol groups is 1. The van der Waals surface area contributed by atoms with Crippen LogP contribution in [0, 0.1) is 0 Å². The summed E-state index contributed by atoms with van der Waals surface area (Å²) in [5.74, 6) is 0. The van der Waals surface area contributed by atoms with Gasteiger partial charge in [-0.25, -0.2) is 0 Å². The predicted molar refractivity (Wildman–Crippen MR) is 72.2 cm³/mol. The van der Waals surface area contributed by atoms with Gasteiger partial charge in [0.1, 0.15) is 4.32 Å². The average molecular weight is 346 g/mol. The van der Waals surface area contributed by atoms with E-state index in [1.165, 1.54) is 38.5 Å². The molecule has 0 saturated heterocycles. The van der Waals surface area contributed by atoms with Crippen LogP contribution < -0.4 is 0 Å². The first kappa shape index (κ1) is 18.5. The Morgan fingerprint density at radius 2 is 1.40 bits per heavy atom. The molecule has 0 aromatic carbocycles. The fraction of sp³-hybridized carbons (Fsp3) is 0.909. The molecule has 0 aromatic heterocycles. The Hall–Kier alpha value is 1.16. The Morgan fingerprint density at radius 3 is 1.67 bits per heavy atom. The molecule has 0 radical (unpaired) electrons. The fourth-order valence-electron chi connectivity index (χ4n) is 1.41. The Bertz CT molecular complexity index is 144. The Morgan fingerprint density at radius 1 is 1.00 bits per heavy atom. The van der Waals surface area contributed by atoms with E-state index in [-0.39, 0.29) is 27.3 Å². The molecule has 0 aromatic rings. The van der Waals surface area contributed by atoms with Crippen LogP contribution in [0.15, 0.2) is 0 Å². The van der Waals surface area contributed by atoms with Gasteiger partial charge in [0.25, 0.3) is 0 Å². The summed E-state index contributed by atoms with van der Waals surface area (Å²) in [4.78, 5) is 2.23. The first-order valence-corrected chi connectivity index (χ1v) is 6.55. The standard InChI is InChI=1S/C11H23NS2.Cd/c1-3-5-7-9-12(11(13)14)10-8-6-4-2;/h3-10H2,1-2H3,(H,13,14);. The maximum atomic E-state index is 5.11. The molecule has 1 nitrogen and oxygen atoms in total. The first-order valence-electron chi connectivity index (χ1n) is 5.70.